The summed E-state index contributed by atoms with van der Waals surface area (Å²) in [5.74, 6) is -1.17. The SMILES string of the molecule is COC(=O)c1ccc(Cl)c(NC(=O)c2cc3c(C)nn(Cc4ccc(F)cc4)c3s2)c1. The van der Waals surface area contributed by atoms with Crippen LogP contribution >= 0.6 is 22.9 Å². The number of ether oxygens (including phenoxy) is 1. The minimum atomic E-state index is -0.523. The molecule has 2 heterocycles. The molecule has 0 fully saturated rings. The zero-order valence-corrected chi connectivity index (χ0v) is 18.2. The van der Waals surface area contributed by atoms with Crippen molar-refractivity contribution in [1.29, 1.82) is 0 Å². The highest BCUT2D eigenvalue weighted by Gasteiger charge is 2.18. The van der Waals surface area contributed by atoms with Crippen LogP contribution < -0.4 is 5.32 Å². The molecule has 31 heavy (non-hydrogen) atoms. The van der Waals surface area contributed by atoms with Crippen molar-refractivity contribution in [2.45, 2.75) is 13.5 Å². The Hall–Kier alpha value is -3.23. The maximum Gasteiger partial charge on any atom is 0.337 e. The summed E-state index contributed by atoms with van der Waals surface area (Å²) in [4.78, 5) is 25.9. The zero-order valence-electron chi connectivity index (χ0n) is 16.6. The summed E-state index contributed by atoms with van der Waals surface area (Å²) in [6.45, 7) is 2.33. The summed E-state index contributed by atoms with van der Waals surface area (Å²) in [7, 11) is 1.28. The first-order valence-electron chi connectivity index (χ1n) is 9.26. The Balaban J connectivity index is 1.61. The maximum absolute atomic E-state index is 13.2. The van der Waals surface area contributed by atoms with Crippen molar-refractivity contribution < 1.29 is 18.7 Å². The first-order chi connectivity index (χ1) is 14.9. The Morgan fingerprint density at radius 2 is 1.94 bits per heavy atom. The van der Waals surface area contributed by atoms with Crippen molar-refractivity contribution in [3.63, 3.8) is 0 Å². The number of benzene rings is 2. The average molecular weight is 458 g/mol. The molecule has 9 heteroatoms. The summed E-state index contributed by atoms with van der Waals surface area (Å²) >= 11 is 7.48. The molecule has 0 radical (unpaired) electrons. The molecule has 0 bridgehead atoms. The second kappa shape index (κ2) is 8.49. The Bertz CT molecular complexity index is 1300. The fourth-order valence-corrected chi connectivity index (χ4v) is 4.37. The molecule has 0 saturated carbocycles. The Morgan fingerprint density at radius 1 is 1.19 bits per heavy atom. The number of rotatable bonds is 5. The number of carbonyl (C=O) groups is 2. The molecule has 0 aliphatic heterocycles. The molecular weight excluding hydrogens is 441 g/mol. The predicted octanol–water partition coefficient (Wildman–Crippen LogP) is 5.29. The van der Waals surface area contributed by atoms with Crippen molar-refractivity contribution in [3.8, 4) is 0 Å². The van der Waals surface area contributed by atoms with E-state index >= 15 is 0 Å². The van der Waals surface area contributed by atoms with E-state index in [1.54, 1.807) is 22.9 Å². The largest absolute Gasteiger partial charge is 0.465 e. The molecule has 158 valence electrons. The molecule has 2 aromatic heterocycles. The van der Waals surface area contributed by atoms with E-state index < -0.39 is 5.97 Å². The number of esters is 1. The van der Waals surface area contributed by atoms with Crippen LogP contribution in [0.25, 0.3) is 10.2 Å². The molecule has 0 spiro atoms. The fraction of sp³-hybridized carbons (Fsp3) is 0.136. The summed E-state index contributed by atoms with van der Waals surface area (Å²) < 4.78 is 19.7. The van der Waals surface area contributed by atoms with E-state index in [1.807, 2.05) is 6.92 Å². The van der Waals surface area contributed by atoms with Crippen LogP contribution in [0.3, 0.4) is 0 Å². The second-order valence-electron chi connectivity index (χ2n) is 6.84. The third kappa shape index (κ3) is 4.30. The first kappa shape index (κ1) is 21.0. The number of aromatic nitrogens is 2. The van der Waals surface area contributed by atoms with Crippen LogP contribution in [0, 0.1) is 12.7 Å². The Morgan fingerprint density at radius 3 is 2.65 bits per heavy atom. The Labute approximate surface area is 186 Å². The van der Waals surface area contributed by atoms with Gasteiger partial charge >= 0.3 is 5.97 Å². The quantitative estimate of drug-likeness (QED) is 0.413. The van der Waals surface area contributed by atoms with E-state index in [9.17, 15) is 14.0 Å². The molecule has 4 rings (SSSR count). The van der Waals surface area contributed by atoms with Gasteiger partial charge in [0.15, 0.2) is 0 Å². The lowest BCUT2D eigenvalue weighted by Crippen LogP contribution is -2.11. The van der Waals surface area contributed by atoms with Gasteiger partial charge in [0.2, 0.25) is 0 Å². The maximum atomic E-state index is 13.2. The lowest BCUT2D eigenvalue weighted by atomic mass is 10.2. The highest BCUT2D eigenvalue weighted by atomic mass is 35.5. The van der Waals surface area contributed by atoms with Gasteiger partial charge in [-0.05, 0) is 48.9 Å². The van der Waals surface area contributed by atoms with Crippen molar-refractivity contribution in [3.05, 3.63) is 81.1 Å². The summed E-state index contributed by atoms with van der Waals surface area (Å²) in [6, 6.07) is 12.5. The smallest absolute Gasteiger partial charge is 0.337 e. The van der Waals surface area contributed by atoms with Gasteiger partial charge in [-0.25, -0.2) is 9.18 Å². The Kier molecular flexibility index (Phi) is 5.75. The number of fused-ring (bicyclic) bond motifs is 1. The van der Waals surface area contributed by atoms with Gasteiger partial charge in [-0.3, -0.25) is 9.48 Å². The molecular formula is C22H17ClFN3O3S. The number of nitrogens with zero attached hydrogens (tertiary/aromatic N) is 2. The lowest BCUT2D eigenvalue weighted by molar-refractivity contribution is 0.0600. The van der Waals surface area contributed by atoms with Crippen LogP contribution in [0.5, 0.6) is 0 Å². The third-order valence-electron chi connectivity index (χ3n) is 4.71. The van der Waals surface area contributed by atoms with Gasteiger partial charge < -0.3 is 10.1 Å². The van der Waals surface area contributed by atoms with Gasteiger partial charge in [0.25, 0.3) is 5.91 Å². The standard InChI is InChI=1S/C22H17ClFN3O3S/c1-12-16-10-19(20(28)25-18-9-14(22(29)30-2)5-8-17(18)23)31-21(16)27(26-12)11-13-3-6-15(24)7-4-13/h3-10H,11H2,1-2H3,(H,25,28). The monoisotopic (exact) mass is 457 g/mol. The van der Waals surface area contributed by atoms with Crippen LogP contribution in [0.1, 0.15) is 31.3 Å². The predicted molar refractivity (Wildman–Crippen MR) is 119 cm³/mol. The normalized spacial score (nSPS) is 11.0. The van der Waals surface area contributed by atoms with Gasteiger partial charge in [0.1, 0.15) is 10.6 Å². The topological polar surface area (TPSA) is 73.2 Å². The number of carbonyl (C=O) groups excluding carboxylic acids is 2. The summed E-state index contributed by atoms with van der Waals surface area (Å²) in [6.07, 6.45) is 0. The van der Waals surface area contributed by atoms with Gasteiger partial charge in [-0.1, -0.05) is 23.7 Å². The van der Waals surface area contributed by atoms with Crippen LogP contribution in [0.2, 0.25) is 5.02 Å². The van der Waals surface area contributed by atoms with Crippen LogP contribution in [-0.4, -0.2) is 28.8 Å². The molecule has 0 atom stereocenters. The molecule has 1 amide bonds. The summed E-state index contributed by atoms with van der Waals surface area (Å²) in [5.41, 5.74) is 2.29. The van der Waals surface area contributed by atoms with E-state index in [2.05, 4.69) is 10.4 Å². The molecule has 0 unspecified atom stereocenters. The van der Waals surface area contributed by atoms with Crippen molar-refractivity contribution in [1.82, 2.24) is 9.78 Å². The van der Waals surface area contributed by atoms with E-state index in [1.165, 1.54) is 48.8 Å². The number of thiophene rings is 1. The van der Waals surface area contributed by atoms with Gasteiger partial charge in [-0.2, -0.15) is 5.10 Å². The third-order valence-corrected chi connectivity index (χ3v) is 6.19. The van der Waals surface area contributed by atoms with Crippen LogP contribution in [0.4, 0.5) is 10.1 Å². The minimum absolute atomic E-state index is 0.282. The number of halogens is 2. The van der Waals surface area contributed by atoms with Crippen molar-refractivity contribution >= 4 is 50.7 Å². The lowest BCUT2D eigenvalue weighted by Gasteiger charge is -2.08. The zero-order chi connectivity index (χ0) is 22.1. The van der Waals surface area contributed by atoms with E-state index in [0.29, 0.717) is 22.1 Å². The number of anilines is 1. The molecule has 2 aromatic carbocycles. The molecule has 4 aromatic rings. The molecule has 0 aliphatic carbocycles. The van der Waals surface area contributed by atoms with Crippen LogP contribution in [-0.2, 0) is 11.3 Å². The van der Waals surface area contributed by atoms with Crippen molar-refractivity contribution in [2.24, 2.45) is 0 Å². The number of aryl methyl sites for hydroxylation is 1. The first-order valence-corrected chi connectivity index (χ1v) is 10.5. The van der Waals surface area contributed by atoms with Crippen molar-refractivity contribution in [2.75, 3.05) is 12.4 Å². The average Bonchev–Trinajstić information content (AvgIpc) is 3.32. The van der Waals surface area contributed by atoms with Gasteiger partial charge in [-0.15, -0.1) is 11.3 Å². The number of hydrogen-bond acceptors (Lipinski definition) is 5. The molecule has 1 N–H and O–H groups in total. The fourth-order valence-electron chi connectivity index (χ4n) is 3.14. The number of nitrogens with one attached hydrogen (secondary N) is 1. The number of amides is 1. The van der Waals surface area contributed by atoms with E-state index in [-0.39, 0.29) is 17.3 Å². The minimum Gasteiger partial charge on any atom is -0.465 e. The number of methoxy groups -OCH3 is 1. The molecule has 0 aliphatic rings. The van der Waals surface area contributed by atoms with E-state index in [4.69, 9.17) is 16.3 Å². The molecule has 6 nitrogen and oxygen atoms in total. The van der Waals surface area contributed by atoms with Crippen LogP contribution in [0.15, 0.2) is 48.5 Å². The van der Waals surface area contributed by atoms with Gasteiger partial charge in [0, 0.05) is 5.39 Å². The summed E-state index contributed by atoms with van der Waals surface area (Å²) in [5, 5.41) is 8.46. The molecule has 0 saturated heterocycles. The van der Waals surface area contributed by atoms with Gasteiger partial charge in [0.05, 0.1) is 40.5 Å². The second-order valence-corrected chi connectivity index (χ2v) is 8.28. The highest BCUT2D eigenvalue weighted by molar-refractivity contribution is 7.20. The number of hydrogen-bond donors (Lipinski definition) is 1. The highest BCUT2D eigenvalue weighted by Crippen LogP contribution is 2.30. The van der Waals surface area contributed by atoms with E-state index in [0.717, 1.165) is 21.5 Å².